The van der Waals surface area contributed by atoms with E-state index in [0.29, 0.717) is 6.42 Å². The van der Waals surface area contributed by atoms with E-state index in [1.54, 1.807) is 0 Å². The van der Waals surface area contributed by atoms with Crippen LogP contribution in [0.25, 0.3) is 0 Å². The lowest BCUT2D eigenvalue weighted by molar-refractivity contribution is -0.141. The van der Waals surface area contributed by atoms with Crippen molar-refractivity contribution in [3.63, 3.8) is 0 Å². The molecule has 0 aromatic carbocycles. The highest BCUT2D eigenvalue weighted by atomic mass is 16.4. The summed E-state index contributed by atoms with van der Waals surface area (Å²) in [6, 6.07) is -0.844. The fraction of sp³-hybridized carbons (Fsp3) is 0.600. The van der Waals surface area contributed by atoms with Gasteiger partial charge in [-0.25, -0.2) is 4.79 Å². The van der Waals surface area contributed by atoms with E-state index in [9.17, 15) is 9.59 Å². The maximum absolute atomic E-state index is 11.0. The summed E-state index contributed by atoms with van der Waals surface area (Å²) in [5, 5.41) is 11.1. The zero-order valence-corrected chi connectivity index (χ0v) is 8.63. The van der Waals surface area contributed by atoms with Crippen molar-refractivity contribution < 1.29 is 14.7 Å². The van der Waals surface area contributed by atoms with Gasteiger partial charge in [0.15, 0.2) is 0 Å². The molecule has 0 aromatic heterocycles. The lowest BCUT2D eigenvalue weighted by Gasteiger charge is -2.14. The molecule has 0 aromatic rings. The Morgan fingerprint density at radius 1 is 1.43 bits per heavy atom. The largest absolute Gasteiger partial charge is 0.480 e. The van der Waals surface area contributed by atoms with Crippen molar-refractivity contribution in [2.75, 3.05) is 0 Å². The van der Waals surface area contributed by atoms with Gasteiger partial charge in [-0.05, 0) is 25.2 Å². The van der Waals surface area contributed by atoms with Crippen molar-refractivity contribution in [1.29, 1.82) is 0 Å². The fourth-order valence-electron chi connectivity index (χ4n) is 1.00. The van der Waals surface area contributed by atoms with Crippen LogP contribution in [0, 0.1) is 17.8 Å². The van der Waals surface area contributed by atoms with Crippen molar-refractivity contribution in [3.8, 4) is 11.8 Å². The van der Waals surface area contributed by atoms with Crippen LogP contribution in [0.4, 0.5) is 0 Å². The first-order valence-electron chi connectivity index (χ1n) is 4.43. The minimum absolute atomic E-state index is 0.214. The Balaban J connectivity index is 4.28. The second kappa shape index (κ2) is 6.03. The summed E-state index contributed by atoms with van der Waals surface area (Å²) in [6.45, 7) is 5.32. The lowest BCUT2D eigenvalue weighted by atomic mass is 10.0. The molecule has 1 amide bonds. The molecule has 0 aliphatic heterocycles. The molecule has 0 saturated heterocycles. The third-order valence-corrected chi connectivity index (χ3v) is 1.55. The van der Waals surface area contributed by atoms with Gasteiger partial charge in [-0.1, -0.05) is 19.8 Å². The quantitative estimate of drug-likeness (QED) is 0.649. The van der Waals surface area contributed by atoms with E-state index in [2.05, 4.69) is 17.2 Å². The van der Waals surface area contributed by atoms with Crippen molar-refractivity contribution >= 4 is 11.9 Å². The van der Waals surface area contributed by atoms with Gasteiger partial charge >= 0.3 is 5.97 Å². The molecule has 4 nitrogen and oxygen atoms in total. The molecule has 0 aliphatic rings. The number of hydrogen-bond donors (Lipinski definition) is 2. The van der Waals surface area contributed by atoms with Gasteiger partial charge in [0.1, 0.15) is 6.04 Å². The minimum Gasteiger partial charge on any atom is -0.480 e. The molecular formula is C10H15NO3. The second-order valence-corrected chi connectivity index (χ2v) is 3.37. The number of nitrogens with one attached hydrogen (secondary N) is 1. The molecular weight excluding hydrogens is 182 g/mol. The van der Waals surface area contributed by atoms with Gasteiger partial charge in [0.2, 0.25) is 0 Å². The summed E-state index contributed by atoms with van der Waals surface area (Å²) >= 11 is 0. The molecule has 1 atom stereocenters. The predicted molar refractivity (Wildman–Crippen MR) is 52.5 cm³/mol. The van der Waals surface area contributed by atoms with Crippen LogP contribution in [0.15, 0.2) is 0 Å². The van der Waals surface area contributed by atoms with E-state index in [0.717, 1.165) is 0 Å². The summed E-state index contributed by atoms with van der Waals surface area (Å²) in [4.78, 5) is 21.7. The zero-order chi connectivity index (χ0) is 11.1. The molecule has 0 bridgehead atoms. The molecule has 0 rings (SSSR count). The molecule has 14 heavy (non-hydrogen) atoms. The van der Waals surface area contributed by atoms with Gasteiger partial charge in [-0.2, -0.15) is 0 Å². The molecule has 4 heteroatoms. The normalized spacial score (nSPS) is 11.4. The third kappa shape index (κ3) is 5.20. The number of hydrogen-bond acceptors (Lipinski definition) is 2. The number of amides is 1. The Kier molecular flexibility index (Phi) is 5.38. The molecule has 2 N–H and O–H groups in total. The number of carbonyl (C=O) groups is 2. The van der Waals surface area contributed by atoms with Gasteiger partial charge < -0.3 is 10.4 Å². The van der Waals surface area contributed by atoms with E-state index < -0.39 is 17.9 Å². The highest BCUT2D eigenvalue weighted by molar-refractivity contribution is 5.95. The van der Waals surface area contributed by atoms with Crippen LogP contribution in [-0.4, -0.2) is 23.0 Å². The van der Waals surface area contributed by atoms with Crippen LogP contribution < -0.4 is 5.32 Å². The highest BCUT2D eigenvalue weighted by Crippen LogP contribution is 2.04. The molecule has 78 valence electrons. The number of aliphatic carboxylic acids is 1. The van der Waals surface area contributed by atoms with E-state index in [1.807, 2.05) is 13.8 Å². The fourth-order valence-corrected chi connectivity index (χ4v) is 1.00. The smallest absolute Gasteiger partial charge is 0.326 e. The Bertz CT molecular complexity index is 273. The van der Waals surface area contributed by atoms with Gasteiger partial charge in [-0.3, -0.25) is 4.79 Å². The van der Waals surface area contributed by atoms with E-state index >= 15 is 0 Å². The minimum atomic E-state index is -1.02. The van der Waals surface area contributed by atoms with E-state index in [4.69, 9.17) is 5.11 Å². The van der Waals surface area contributed by atoms with Gasteiger partial charge in [0.25, 0.3) is 5.91 Å². The summed E-state index contributed by atoms with van der Waals surface area (Å²) in [6.07, 6.45) is 0.409. The Hall–Kier alpha value is -1.50. The molecule has 0 saturated carbocycles. The molecule has 0 heterocycles. The third-order valence-electron chi connectivity index (χ3n) is 1.55. The van der Waals surface area contributed by atoms with Crippen molar-refractivity contribution in [2.24, 2.45) is 5.92 Å². The number of carbonyl (C=O) groups excluding carboxylic acids is 1. The summed E-state index contributed by atoms with van der Waals surface area (Å²) in [5.41, 5.74) is 0. The van der Waals surface area contributed by atoms with Gasteiger partial charge in [0, 0.05) is 0 Å². The van der Waals surface area contributed by atoms with E-state index in [-0.39, 0.29) is 5.92 Å². The Morgan fingerprint density at radius 3 is 2.36 bits per heavy atom. The second-order valence-electron chi connectivity index (χ2n) is 3.37. The topological polar surface area (TPSA) is 66.4 Å². The van der Waals surface area contributed by atoms with Gasteiger partial charge in [-0.15, -0.1) is 0 Å². The zero-order valence-electron chi connectivity index (χ0n) is 8.63. The number of rotatable bonds is 4. The van der Waals surface area contributed by atoms with Crippen molar-refractivity contribution in [1.82, 2.24) is 5.32 Å². The SMILES string of the molecule is CC#CC(=O)N[C@@H](CC(C)C)C(=O)O. The summed E-state index contributed by atoms with van der Waals surface area (Å²) in [7, 11) is 0. The highest BCUT2D eigenvalue weighted by Gasteiger charge is 2.19. The molecule has 0 spiro atoms. The standard InChI is InChI=1S/C10H15NO3/c1-4-5-9(12)11-8(10(13)14)6-7(2)3/h7-8H,6H2,1-3H3,(H,11,12)(H,13,14)/t8-/m0/s1. The van der Waals surface area contributed by atoms with Crippen LogP contribution in [0.1, 0.15) is 27.2 Å². The van der Waals surface area contributed by atoms with Crippen LogP contribution in [-0.2, 0) is 9.59 Å². The van der Waals surface area contributed by atoms with Crippen LogP contribution in [0.2, 0.25) is 0 Å². The molecule has 0 aliphatic carbocycles. The molecule has 0 unspecified atom stereocenters. The summed E-state index contributed by atoms with van der Waals surface area (Å²) in [5.74, 6) is 3.30. The average Bonchev–Trinajstić information content (AvgIpc) is 2.02. The van der Waals surface area contributed by atoms with Crippen LogP contribution >= 0.6 is 0 Å². The maximum atomic E-state index is 11.0. The van der Waals surface area contributed by atoms with Gasteiger partial charge in [0.05, 0.1) is 0 Å². The van der Waals surface area contributed by atoms with E-state index in [1.165, 1.54) is 6.92 Å². The number of carboxylic acids is 1. The van der Waals surface area contributed by atoms with Crippen molar-refractivity contribution in [2.45, 2.75) is 33.2 Å². The van der Waals surface area contributed by atoms with Crippen LogP contribution in [0.5, 0.6) is 0 Å². The molecule has 0 radical (unpaired) electrons. The Morgan fingerprint density at radius 2 is 2.00 bits per heavy atom. The summed E-state index contributed by atoms with van der Waals surface area (Å²) < 4.78 is 0. The first-order valence-corrected chi connectivity index (χ1v) is 4.43. The average molecular weight is 197 g/mol. The first kappa shape index (κ1) is 12.5. The molecule has 0 fully saturated rings. The predicted octanol–water partition coefficient (Wildman–Crippen LogP) is 0.625. The van der Waals surface area contributed by atoms with Crippen LogP contribution in [0.3, 0.4) is 0 Å². The Labute approximate surface area is 83.7 Å². The lowest BCUT2D eigenvalue weighted by Crippen LogP contribution is -2.41. The number of carboxylic acid groups (broad SMARTS) is 1. The van der Waals surface area contributed by atoms with Crippen molar-refractivity contribution in [3.05, 3.63) is 0 Å². The first-order chi connectivity index (χ1) is 6.47. The monoisotopic (exact) mass is 197 g/mol. The maximum Gasteiger partial charge on any atom is 0.326 e.